The standard InChI is InChI=1S/C24H48O3S/c1-3-4-5-6-7-8-9-10-11-12-13-14-15-16-17-18-19-22(2)24(28)27-21-23(26)20-25/h22-23,25-26H,3-21H2,1-2H3. The van der Waals surface area contributed by atoms with Crippen LogP contribution in [-0.2, 0) is 4.74 Å². The Balaban J connectivity index is 3.25. The number of ether oxygens (including phenoxy) is 1. The van der Waals surface area contributed by atoms with Crippen LogP contribution < -0.4 is 0 Å². The molecular weight excluding hydrogens is 368 g/mol. The molecule has 2 unspecified atom stereocenters. The van der Waals surface area contributed by atoms with Gasteiger partial charge in [-0.15, -0.1) is 0 Å². The van der Waals surface area contributed by atoms with Crippen LogP contribution in [0.5, 0.6) is 0 Å². The molecule has 0 amide bonds. The lowest BCUT2D eigenvalue weighted by molar-refractivity contribution is 0.0486. The Labute approximate surface area is 180 Å². The van der Waals surface area contributed by atoms with Crippen LogP contribution in [0.4, 0.5) is 0 Å². The molecular formula is C24H48O3S. The van der Waals surface area contributed by atoms with E-state index < -0.39 is 6.10 Å². The molecule has 0 saturated carbocycles. The fourth-order valence-electron chi connectivity index (χ4n) is 3.49. The quantitative estimate of drug-likeness (QED) is 0.157. The van der Waals surface area contributed by atoms with Gasteiger partial charge in [0.1, 0.15) is 12.7 Å². The van der Waals surface area contributed by atoms with Crippen molar-refractivity contribution in [2.45, 2.75) is 129 Å². The second-order valence-electron chi connectivity index (χ2n) is 8.46. The first kappa shape index (κ1) is 27.8. The lowest BCUT2D eigenvalue weighted by Gasteiger charge is -2.15. The summed E-state index contributed by atoms with van der Waals surface area (Å²) < 4.78 is 5.36. The highest BCUT2D eigenvalue weighted by molar-refractivity contribution is 7.80. The van der Waals surface area contributed by atoms with Crippen LogP contribution in [0, 0.1) is 5.92 Å². The van der Waals surface area contributed by atoms with E-state index in [9.17, 15) is 5.11 Å². The van der Waals surface area contributed by atoms with Crippen molar-refractivity contribution in [1.29, 1.82) is 0 Å². The Morgan fingerprint density at radius 1 is 0.750 bits per heavy atom. The van der Waals surface area contributed by atoms with E-state index in [1.54, 1.807) is 0 Å². The summed E-state index contributed by atoms with van der Waals surface area (Å²) in [6.07, 6.45) is 22.4. The van der Waals surface area contributed by atoms with Gasteiger partial charge < -0.3 is 14.9 Å². The summed E-state index contributed by atoms with van der Waals surface area (Å²) in [5.41, 5.74) is 0. The molecule has 0 spiro atoms. The first-order valence-electron chi connectivity index (χ1n) is 12.1. The molecule has 0 rings (SSSR count). The Morgan fingerprint density at radius 3 is 1.54 bits per heavy atom. The van der Waals surface area contributed by atoms with E-state index in [0.717, 1.165) is 6.42 Å². The average Bonchev–Trinajstić information content (AvgIpc) is 2.71. The van der Waals surface area contributed by atoms with Gasteiger partial charge in [0.05, 0.1) is 6.61 Å². The second-order valence-corrected chi connectivity index (χ2v) is 8.86. The van der Waals surface area contributed by atoms with Crippen LogP contribution in [-0.4, -0.2) is 34.6 Å². The molecule has 2 N–H and O–H groups in total. The topological polar surface area (TPSA) is 49.7 Å². The molecule has 4 heteroatoms. The van der Waals surface area contributed by atoms with Gasteiger partial charge in [0.15, 0.2) is 5.05 Å². The predicted octanol–water partition coefficient (Wildman–Crippen LogP) is 6.97. The molecule has 0 aliphatic carbocycles. The number of rotatable bonds is 21. The summed E-state index contributed by atoms with van der Waals surface area (Å²) >= 11 is 5.24. The zero-order chi connectivity index (χ0) is 20.9. The molecule has 168 valence electrons. The maximum Gasteiger partial charge on any atom is 0.162 e. The first-order chi connectivity index (χ1) is 13.6. The second kappa shape index (κ2) is 21.5. The molecule has 0 bridgehead atoms. The monoisotopic (exact) mass is 416 g/mol. The van der Waals surface area contributed by atoms with E-state index >= 15 is 0 Å². The Kier molecular flexibility index (Phi) is 21.4. The predicted molar refractivity (Wildman–Crippen MR) is 125 cm³/mol. The van der Waals surface area contributed by atoms with Gasteiger partial charge in [-0.2, -0.15) is 0 Å². The molecule has 2 atom stereocenters. The number of hydrogen-bond acceptors (Lipinski definition) is 4. The minimum atomic E-state index is -0.833. The minimum absolute atomic E-state index is 0.0959. The molecule has 0 heterocycles. The third-order valence-corrected chi connectivity index (χ3v) is 6.04. The lowest BCUT2D eigenvalue weighted by atomic mass is 10.0. The van der Waals surface area contributed by atoms with Crippen LogP contribution in [0.25, 0.3) is 0 Å². The SMILES string of the molecule is CCCCCCCCCCCCCCCCCCC(C)C(=S)OCC(O)CO. The lowest BCUT2D eigenvalue weighted by Crippen LogP contribution is -2.23. The van der Waals surface area contributed by atoms with Crippen LogP contribution in [0.2, 0.25) is 0 Å². The number of unbranched alkanes of at least 4 members (excludes halogenated alkanes) is 15. The molecule has 0 saturated heterocycles. The first-order valence-corrected chi connectivity index (χ1v) is 12.5. The highest BCUT2D eigenvalue weighted by Crippen LogP contribution is 2.16. The van der Waals surface area contributed by atoms with Crippen LogP contribution in [0.3, 0.4) is 0 Å². The smallest absolute Gasteiger partial charge is 0.162 e. The zero-order valence-corrected chi connectivity index (χ0v) is 19.6. The van der Waals surface area contributed by atoms with Crippen molar-refractivity contribution in [1.82, 2.24) is 0 Å². The molecule has 0 aliphatic rings. The average molecular weight is 417 g/mol. The summed E-state index contributed by atoms with van der Waals surface area (Å²) in [5, 5.41) is 18.6. The van der Waals surface area contributed by atoms with E-state index in [4.69, 9.17) is 22.1 Å². The largest absolute Gasteiger partial charge is 0.484 e. The van der Waals surface area contributed by atoms with Gasteiger partial charge in [-0.05, 0) is 18.6 Å². The number of thiocarbonyl (C=S) groups is 1. The van der Waals surface area contributed by atoms with Crippen LogP contribution >= 0.6 is 12.2 Å². The van der Waals surface area contributed by atoms with Gasteiger partial charge in [-0.25, -0.2) is 0 Å². The fraction of sp³-hybridized carbons (Fsp3) is 0.958. The summed E-state index contributed by atoms with van der Waals surface area (Å²) in [7, 11) is 0. The van der Waals surface area contributed by atoms with Gasteiger partial charge in [0.25, 0.3) is 0 Å². The Hall–Kier alpha value is -0.190. The highest BCUT2D eigenvalue weighted by Gasteiger charge is 2.11. The van der Waals surface area contributed by atoms with Crippen molar-refractivity contribution >= 4 is 17.3 Å². The molecule has 0 radical (unpaired) electrons. The molecule has 3 nitrogen and oxygen atoms in total. The van der Waals surface area contributed by atoms with E-state index in [-0.39, 0.29) is 19.1 Å². The number of aliphatic hydroxyl groups is 2. The summed E-state index contributed by atoms with van der Waals surface area (Å²) in [4.78, 5) is 0. The van der Waals surface area contributed by atoms with Crippen molar-refractivity contribution in [3.63, 3.8) is 0 Å². The van der Waals surface area contributed by atoms with E-state index in [0.29, 0.717) is 5.05 Å². The van der Waals surface area contributed by atoms with Gasteiger partial charge >= 0.3 is 0 Å². The highest BCUT2D eigenvalue weighted by atomic mass is 32.1. The number of aliphatic hydroxyl groups excluding tert-OH is 2. The molecule has 0 aliphatic heterocycles. The molecule has 0 fully saturated rings. The van der Waals surface area contributed by atoms with Crippen molar-refractivity contribution in [3.05, 3.63) is 0 Å². The number of hydrogen-bond donors (Lipinski definition) is 2. The van der Waals surface area contributed by atoms with Crippen molar-refractivity contribution in [3.8, 4) is 0 Å². The molecule has 0 aromatic heterocycles. The fourth-order valence-corrected chi connectivity index (χ4v) is 3.68. The maximum atomic E-state index is 9.28. The zero-order valence-electron chi connectivity index (χ0n) is 18.8. The van der Waals surface area contributed by atoms with Gasteiger partial charge in [0, 0.05) is 5.92 Å². The maximum absolute atomic E-state index is 9.28. The van der Waals surface area contributed by atoms with Crippen molar-refractivity contribution in [2.75, 3.05) is 13.2 Å². The van der Waals surface area contributed by atoms with E-state index in [1.807, 2.05) is 0 Å². The Bertz CT molecular complexity index is 336. The third-order valence-electron chi connectivity index (χ3n) is 5.52. The minimum Gasteiger partial charge on any atom is -0.484 e. The van der Waals surface area contributed by atoms with Gasteiger partial charge in [-0.3, -0.25) is 0 Å². The van der Waals surface area contributed by atoms with Crippen LogP contribution in [0.1, 0.15) is 123 Å². The Morgan fingerprint density at radius 2 is 1.14 bits per heavy atom. The summed E-state index contributed by atoms with van der Waals surface area (Å²) in [6, 6.07) is 0. The summed E-state index contributed by atoms with van der Waals surface area (Å²) in [6.45, 7) is 4.18. The van der Waals surface area contributed by atoms with Crippen LogP contribution in [0.15, 0.2) is 0 Å². The van der Waals surface area contributed by atoms with Gasteiger partial charge in [0.2, 0.25) is 0 Å². The van der Waals surface area contributed by atoms with Crippen molar-refractivity contribution in [2.24, 2.45) is 5.92 Å². The van der Waals surface area contributed by atoms with E-state index in [1.165, 1.54) is 103 Å². The normalized spacial score (nSPS) is 13.4. The molecule has 0 aromatic carbocycles. The van der Waals surface area contributed by atoms with Crippen molar-refractivity contribution < 1.29 is 14.9 Å². The summed E-state index contributed by atoms with van der Waals surface area (Å²) in [5.74, 6) is 0.243. The van der Waals surface area contributed by atoms with Gasteiger partial charge in [-0.1, -0.05) is 117 Å². The van der Waals surface area contributed by atoms with E-state index in [2.05, 4.69) is 13.8 Å². The molecule has 0 aromatic rings. The molecule has 28 heavy (non-hydrogen) atoms. The third kappa shape index (κ3) is 19.1.